The first-order valence-corrected chi connectivity index (χ1v) is 3.76. The standard InChI is InChI=1S/C7H13FN2O/c1-6(11)10-5-7(8)2-3-9-4-7/h9H,2-5H2,1H3,(H,10,11). The van der Waals surface area contributed by atoms with E-state index in [2.05, 4.69) is 10.6 Å². The van der Waals surface area contributed by atoms with E-state index >= 15 is 0 Å². The molecule has 0 spiro atoms. The van der Waals surface area contributed by atoms with Crippen LogP contribution < -0.4 is 10.6 Å². The van der Waals surface area contributed by atoms with Gasteiger partial charge in [-0.2, -0.15) is 0 Å². The Morgan fingerprint density at radius 2 is 2.55 bits per heavy atom. The number of nitrogens with one attached hydrogen (secondary N) is 2. The first-order chi connectivity index (χ1) is 5.12. The Labute approximate surface area is 65.3 Å². The summed E-state index contributed by atoms with van der Waals surface area (Å²) in [5.74, 6) is -0.172. The SMILES string of the molecule is CC(=O)NCC1(F)CCNC1. The Morgan fingerprint density at radius 1 is 1.82 bits per heavy atom. The van der Waals surface area contributed by atoms with Crippen molar-refractivity contribution in [1.29, 1.82) is 0 Å². The van der Waals surface area contributed by atoms with Gasteiger partial charge in [0.1, 0.15) is 5.67 Å². The number of hydrogen-bond donors (Lipinski definition) is 2. The molecule has 3 nitrogen and oxygen atoms in total. The zero-order chi connectivity index (χ0) is 8.32. The third-order valence-corrected chi connectivity index (χ3v) is 1.85. The van der Waals surface area contributed by atoms with E-state index in [-0.39, 0.29) is 12.5 Å². The topological polar surface area (TPSA) is 41.1 Å². The number of carbonyl (C=O) groups is 1. The molecule has 4 heteroatoms. The minimum Gasteiger partial charge on any atom is -0.353 e. The molecule has 0 radical (unpaired) electrons. The van der Waals surface area contributed by atoms with Crippen LogP contribution in [0.3, 0.4) is 0 Å². The summed E-state index contributed by atoms with van der Waals surface area (Å²) in [5, 5.41) is 5.38. The summed E-state index contributed by atoms with van der Waals surface area (Å²) in [4.78, 5) is 10.4. The largest absolute Gasteiger partial charge is 0.353 e. The molecule has 1 fully saturated rings. The highest BCUT2D eigenvalue weighted by molar-refractivity contribution is 5.72. The molecular weight excluding hydrogens is 147 g/mol. The van der Waals surface area contributed by atoms with E-state index in [1.54, 1.807) is 0 Å². The maximum atomic E-state index is 13.4. The fourth-order valence-corrected chi connectivity index (χ4v) is 1.15. The molecule has 0 aromatic heterocycles. The molecule has 1 aliphatic rings. The first-order valence-electron chi connectivity index (χ1n) is 3.76. The second-order valence-corrected chi connectivity index (χ2v) is 2.99. The molecule has 1 amide bonds. The highest BCUT2D eigenvalue weighted by atomic mass is 19.1. The Kier molecular flexibility index (Phi) is 2.44. The minimum atomic E-state index is -1.22. The van der Waals surface area contributed by atoms with Gasteiger partial charge in [0.2, 0.25) is 5.91 Å². The van der Waals surface area contributed by atoms with E-state index in [9.17, 15) is 9.18 Å². The van der Waals surface area contributed by atoms with Crippen LogP contribution in [0.25, 0.3) is 0 Å². The van der Waals surface area contributed by atoms with Gasteiger partial charge in [-0.05, 0) is 13.0 Å². The fourth-order valence-electron chi connectivity index (χ4n) is 1.15. The molecule has 0 saturated carbocycles. The van der Waals surface area contributed by atoms with Crippen molar-refractivity contribution in [1.82, 2.24) is 10.6 Å². The maximum Gasteiger partial charge on any atom is 0.216 e. The molecule has 0 bridgehead atoms. The molecule has 1 atom stereocenters. The number of rotatable bonds is 2. The van der Waals surface area contributed by atoms with E-state index < -0.39 is 5.67 Å². The van der Waals surface area contributed by atoms with Gasteiger partial charge < -0.3 is 10.6 Å². The third-order valence-electron chi connectivity index (χ3n) is 1.85. The van der Waals surface area contributed by atoms with Crippen LogP contribution in [0.1, 0.15) is 13.3 Å². The molecule has 1 rings (SSSR count). The summed E-state index contributed by atoms with van der Waals surface area (Å²) in [6.45, 7) is 2.59. The van der Waals surface area contributed by atoms with Crippen LogP contribution in [0.2, 0.25) is 0 Å². The second kappa shape index (κ2) is 3.17. The van der Waals surface area contributed by atoms with Crippen LogP contribution in [0, 0.1) is 0 Å². The van der Waals surface area contributed by atoms with Gasteiger partial charge in [-0.15, -0.1) is 0 Å². The van der Waals surface area contributed by atoms with Crippen molar-refractivity contribution in [3.05, 3.63) is 0 Å². The lowest BCUT2D eigenvalue weighted by Crippen LogP contribution is -2.40. The number of halogens is 1. The average Bonchev–Trinajstić information content (AvgIpc) is 2.33. The monoisotopic (exact) mass is 160 g/mol. The Hall–Kier alpha value is -0.640. The molecule has 1 heterocycles. The van der Waals surface area contributed by atoms with Gasteiger partial charge in [-0.1, -0.05) is 0 Å². The van der Waals surface area contributed by atoms with E-state index in [4.69, 9.17) is 0 Å². The van der Waals surface area contributed by atoms with Gasteiger partial charge >= 0.3 is 0 Å². The number of hydrogen-bond acceptors (Lipinski definition) is 2. The first kappa shape index (κ1) is 8.46. The predicted molar refractivity (Wildman–Crippen MR) is 40.0 cm³/mol. The Balaban J connectivity index is 2.28. The van der Waals surface area contributed by atoms with Crippen molar-refractivity contribution >= 4 is 5.91 Å². The molecule has 1 aliphatic heterocycles. The summed E-state index contributed by atoms with van der Waals surface area (Å²) in [7, 11) is 0. The summed E-state index contributed by atoms with van der Waals surface area (Å²) in [6.07, 6.45) is 0.493. The predicted octanol–water partition coefficient (Wildman–Crippen LogP) is -0.176. The van der Waals surface area contributed by atoms with Crippen LogP contribution in [0.5, 0.6) is 0 Å². The highest BCUT2D eigenvalue weighted by Gasteiger charge is 2.33. The van der Waals surface area contributed by atoms with Gasteiger partial charge in [0.05, 0.1) is 6.54 Å². The zero-order valence-corrected chi connectivity index (χ0v) is 6.61. The van der Waals surface area contributed by atoms with E-state index in [1.807, 2.05) is 0 Å². The van der Waals surface area contributed by atoms with Crippen LogP contribution in [-0.4, -0.2) is 31.2 Å². The van der Waals surface area contributed by atoms with Gasteiger partial charge in [-0.25, -0.2) is 4.39 Å². The van der Waals surface area contributed by atoms with Crippen molar-refractivity contribution in [3.8, 4) is 0 Å². The van der Waals surface area contributed by atoms with Crippen molar-refractivity contribution < 1.29 is 9.18 Å². The summed E-state index contributed by atoms with van der Waals surface area (Å²) in [6, 6.07) is 0. The van der Waals surface area contributed by atoms with Gasteiger partial charge in [0.25, 0.3) is 0 Å². The lowest BCUT2D eigenvalue weighted by Gasteiger charge is -2.17. The van der Waals surface area contributed by atoms with Gasteiger partial charge in [0, 0.05) is 13.5 Å². The molecular formula is C7H13FN2O. The molecule has 1 saturated heterocycles. The molecule has 11 heavy (non-hydrogen) atoms. The van der Waals surface area contributed by atoms with Crippen LogP contribution in [-0.2, 0) is 4.79 Å². The van der Waals surface area contributed by atoms with Crippen molar-refractivity contribution in [2.24, 2.45) is 0 Å². The van der Waals surface area contributed by atoms with Crippen LogP contribution in [0.4, 0.5) is 4.39 Å². The molecule has 1 unspecified atom stereocenters. The van der Waals surface area contributed by atoms with E-state index in [1.165, 1.54) is 6.92 Å². The van der Waals surface area contributed by atoms with E-state index in [0.29, 0.717) is 19.5 Å². The van der Waals surface area contributed by atoms with Crippen LogP contribution >= 0.6 is 0 Å². The molecule has 0 aromatic carbocycles. The van der Waals surface area contributed by atoms with Crippen molar-refractivity contribution in [2.75, 3.05) is 19.6 Å². The van der Waals surface area contributed by atoms with Crippen LogP contribution in [0.15, 0.2) is 0 Å². The molecule has 2 N–H and O–H groups in total. The highest BCUT2D eigenvalue weighted by Crippen LogP contribution is 2.17. The molecule has 64 valence electrons. The maximum absolute atomic E-state index is 13.4. The fraction of sp³-hybridized carbons (Fsp3) is 0.857. The lowest BCUT2D eigenvalue weighted by atomic mass is 10.1. The summed E-state index contributed by atoms with van der Waals surface area (Å²) < 4.78 is 13.4. The van der Waals surface area contributed by atoms with Crippen molar-refractivity contribution in [3.63, 3.8) is 0 Å². The smallest absolute Gasteiger partial charge is 0.216 e. The quantitative estimate of drug-likeness (QED) is 0.588. The second-order valence-electron chi connectivity index (χ2n) is 2.99. The molecule has 0 aliphatic carbocycles. The average molecular weight is 160 g/mol. The minimum absolute atomic E-state index is 0.134. The summed E-state index contributed by atoms with van der Waals surface area (Å²) in [5.41, 5.74) is -1.22. The summed E-state index contributed by atoms with van der Waals surface area (Å²) >= 11 is 0. The molecule has 0 aromatic rings. The Bertz CT molecular complexity index is 155. The third kappa shape index (κ3) is 2.46. The normalized spacial score (nSPS) is 30.4. The van der Waals surface area contributed by atoms with Crippen molar-refractivity contribution in [2.45, 2.75) is 19.0 Å². The zero-order valence-electron chi connectivity index (χ0n) is 6.61. The lowest BCUT2D eigenvalue weighted by molar-refractivity contribution is -0.119. The number of carbonyl (C=O) groups excluding carboxylic acids is 1. The van der Waals surface area contributed by atoms with E-state index in [0.717, 1.165) is 0 Å². The number of alkyl halides is 1. The van der Waals surface area contributed by atoms with Gasteiger partial charge in [-0.3, -0.25) is 4.79 Å². The number of amides is 1. The van der Waals surface area contributed by atoms with Gasteiger partial charge in [0.15, 0.2) is 0 Å². The Morgan fingerprint density at radius 3 is 3.00 bits per heavy atom.